The minimum absolute atomic E-state index is 0.347. The number of fused-ring (bicyclic) bond motifs is 1. The molecule has 0 radical (unpaired) electrons. The molecule has 1 heterocycles. The highest BCUT2D eigenvalue weighted by atomic mass is 15.1. The molecule has 0 spiro atoms. The number of hydrogen-bond donors (Lipinski definition) is 1. The lowest BCUT2D eigenvalue weighted by Crippen LogP contribution is -2.03. The maximum absolute atomic E-state index is 5.89. The number of aryl methyl sites for hydroxylation is 2. The van der Waals surface area contributed by atoms with Crippen LogP contribution in [0, 0.1) is 13.8 Å². The number of rotatable bonds is 2. The molecule has 0 unspecified atom stereocenters. The summed E-state index contributed by atoms with van der Waals surface area (Å²) in [6.07, 6.45) is 0. The molecule has 0 aliphatic carbocycles. The molecule has 0 saturated carbocycles. The second-order valence-electron chi connectivity index (χ2n) is 5.98. The van der Waals surface area contributed by atoms with Crippen LogP contribution < -0.4 is 5.73 Å². The quantitative estimate of drug-likeness (QED) is 0.709. The van der Waals surface area contributed by atoms with E-state index in [1.165, 1.54) is 11.1 Å². The highest BCUT2D eigenvalue weighted by Gasteiger charge is 2.15. The molecule has 0 saturated heterocycles. The van der Waals surface area contributed by atoms with E-state index in [0.717, 1.165) is 28.2 Å². The van der Waals surface area contributed by atoms with E-state index in [1.807, 2.05) is 12.1 Å². The van der Waals surface area contributed by atoms with Crippen molar-refractivity contribution in [1.82, 2.24) is 9.55 Å². The predicted molar refractivity (Wildman–Crippen MR) is 89.0 cm³/mol. The Morgan fingerprint density at radius 2 is 1.76 bits per heavy atom. The Hall–Kier alpha value is -2.29. The maximum atomic E-state index is 5.89. The van der Waals surface area contributed by atoms with Gasteiger partial charge in [-0.15, -0.1) is 0 Å². The van der Waals surface area contributed by atoms with Crippen molar-refractivity contribution in [3.8, 4) is 5.69 Å². The number of benzene rings is 2. The van der Waals surface area contributed by atoms with Crippen LogP contribution in [0.1, 0.15) is 36.7 Å². The number of hydrogen-bond acceptors (Lipinski definition) is 2. The Labute approximate surface area is 125 Å². The summed E-state index contributed by atoms with van der Waals surface area (Å²) in [6.45, 7) is 8.62. The molecular weight excluding hydrogens is 258 g/mol. The van der Waals surface area contributed by atoms with Crippen LogP contribution in [0.3, 0.4) is 0 Å². The van der Waals surface area contributed by atoms with Crippen LogP contribution in [-0.2, 0) is 0 Å². The number of aromatic nitrogens is 2. The van der Waals surface area contributed by atoms with Crippen molar-refractivity contribution in [2.75, 3.05) is 5.73 Å². The lowest BCUT2D eigenvalue weighted by molar-refractivity contribution is 0.759. The molecule has 3 heteroatoms. The molecule has 21 heavy (non-hydrogen) atoms. The van der Waals surface area contributed by atoms with Crippen molar-refractivity contribution >= 4 is 16.7 Å². The monoisotopic (exact) mass is 279 g/mol. The van der Waals surface area contributed by atoms with E-state index in [-0.39, 0.29) is 0 Å². The highest BCUT2D eigenvalue weighted by molar-refractivity contribution is 5.81. The summed E-state index contributed by atoms with van der Waals surface area (Å²) < 4.78 is 2.24. The molecule has 0 aliphatic heterocycles. The van der Waals surface area contributed by atoms with Gasteiger partial charge in [0, 0.05) is 17.3 Å². The first-order valence-corrected chi connectivity index (χ1v) is 7.33. The van der Waals surface area contributed by atoms with Gasteiger partial charge in [-0.25, -0.2) is 4.98 Å². The van der Waals surface area contributed by atoms with Crippen LogP contribution in [-0.4, -0.2) is 9.55 Å². The van der Waals surface area contributed by atoms with Gasteiger partial charge in [0.15, 0.2) is 0 Å². The fourth-order valence-corrected chi connectivity index (χ4v) is 2.64. The molecule has 0 bridgehead atoms. The molecular formula is C18H21N3. The van der Waals surface area contributed by atoms with E-state index in [9.17, 15) is 0 Å². The zero-order chi connectivity index (χ0) is 15.1. The maximum Gasteiger partial charge on any atom is 0.117 e. The normalized spacial score (nSPS) is 11.5. The Morgan fingerprint density at radius 1 is 1.00 bits per heavy atom. The van der Waals surface area contributed by atoms with Crippen molar-refractivity contribution < 1.29 is 0 Å². The summed E-state index contributed by atoms with van der Waals surface area (Å²) in [7, 11) is 0. The standard InChI is InChI=1S/C18H21N3/c1-11(2)18-20-16-10-14(19)6-8-17(16)21(18)15-7-5-12(3)13(4)9-15/h5-11H,19H2,1-4H3. The minimum atomic E-state index is 0.347. The molecule has 2 N–H and O–H groups in total. The van der Waals surface area contributed by atoms with Gasteiger partial charge in [0.2, 0.25) is 0 Å². The Morgan fingerprint density at radius 3 is 2.43 bits per heavy atom. The average molecular weight is 279 g/mol. The summed E-state index contributed by atoms with van der Waals surface area (Å²) >= 11 is 0. The fourth-order valence-electron chi connectivity index (χ4n) is 2.64. The zero-order valence-electron chi connectivity index (χ0n) is 13.0. The van der Waals surface area contributed by atoms with Crippen molar-refractivity contribution in [2.24, 2.45) is 0 Å². The third kappa shape index (κ3) is 2.29. The summed E-state index contributed by atoms with van der Waals surface area (Å²) in [4.78, 5) is 4.78. The number of nitrogen functional groups attached to an aromatic ring is 1. The Balaban J connectivity index is 2.33. The van der Waals surface area contributed by atoms with Crippen LogP contribution in [0.4, 0.5) is 5.69 Å². The van der Waals surface area contributed by atoms with Crippen LogP contribution in [0.25, 0.3) is 16.7 Å². The number of nitrogens with zero attached hydrogens (tertiary/aromatic N) is 2. The molecule has 3 aromatic rings. The lowest BCUT2D eigenvalue weighted by Gasteiger charge is -2.13. The third-order valence-corrected chi connectivity index (χ3v) is 3.97. The van der Waals surface area contributed by atoms with E-state index in [2.05, 4.69) is 56.5 Å². The van der Waals surface area contributed by atoms with Gasteiger partial charge in [-0.1, -0.05) is 19.9 Å². The molecule has 2 aromatic carbocycles. The molecule has 3 rings (SSSR count). The minimum Gasteiger partial charge on any atom is -0.399 e. The smallest absolute Gasteiger partial charge is 0.117 e. The van der Waals surface area contributed by atoms with Gasteiger partial charge in [0.05, 0.1) is 11.0 Å². The van der Waals surface area contributed by atoms with Crippen LogP contribution in [0.5, 0.6) is 0 Å². The van der Waals surface area contributed by atoms with E-state index in [1.54, 1.807) is 0 Å². The summed E-state index contributed by atoms with van der Waals surface area (Å²) in [5, 5.41) is 0. The SMILES string of the molecule is Cc1ccc(-n2c(C(C)C)nc3cc(N)ccc32)cc1C. The number of nitrogens with two attached hydrogens (primary N) is 1. The van der Waals surface area contributed by atoms with Crippen molar-refractivity contribution in [2.45, 2.75) is 33.6 Å². The largest absolute Gasteiger partial charge is 0.399 e. The Kier molecular flexibility index (Phi) is 3.20. The van der Waals surface area contributed by atoms with E-state index in [4.69, 9.17) is 10.7 Å². The zero-order valence-corrected chi connectivity index (χ0v) is 13.0. The van der Waals surface area contributed by atoms with E-state index in [0.29, 0.717) is 5.92 Å². The van der Waals surface area contributed by atoms with Gasteiger partial charge >= 0.3 is 0 Å². The van der Waals surface area contributed by atoms with Crippen LogP contribution >= 0.6 is 0 Å². The van der Waals surface area contributed by atoms with Gasteiger partial charge in [-0.3, -0.25) is 4.57 Å². The second kappa shape index (κ2) is 4.92. The molecule has 1 aromatic heterocycles. The molecule has 0 aliphatic rings. The van der Waals surface area contributed by atoms with Gasteiger partial charge in [-0.2, -0.15) is 0 Å². The predicted octanol–water partition coefficient (Wildman–Crippen LogP) is 4.35. The molecule has 0 fully saturated rings. The van der Waals surface area contributed by atoms with Crippen LogP contribution in [0.15, 0.2) is 36.4 Å². The lowest BCUT2D eigenvalue weighted by atomic mass is 10.1. The van der Waals surface area contributed by atoms with Gasteiger partial charge in [0.1, 0.15) is 5.82 Å². The number of anilines is 1. The molecule has 3 nitrogen and oxygen atoms in total. The number of imidazole rings is 1. The third-order valence-electron chi connectivity index (χ3n) is 3.97. The van der Waals surface area contributed by atoms with Crippen LogP contribution in [0.2, 0.25) is 0 Å². The first kappa shape index (κ1) is 13.7. The van der Waals surface area contributed by atoms with Gasteiger partial charge < -0.3 is 5.73 Å². The summed E-state index contributed by atoms with van der Waals surface area (Å²) in [6, 6.07) is 12.5. The highest BCUT2D eigenvalue weighted by Crippen LogP contribution is 2.28. The fraction of sp³-hybridized carbons (Fsp3) is 0.278. The first-order chi connectivity index (χ1) is 9.97. The van der Waals surface area contributed by atoms with Gasteiger partial charge in [-0.05, 0) is 55.3 Å². The topological polar surface area (TPSA) is 43.8 Å². The molecule has 0 amide bonds. The summed E-state index contributed by atoms with van der Waals surface area (Å²) in [5.41, 5.74) is 12.5. The van der Waals surface area contributed by atoms with Crippen molar-refractivity contribution in [1.29, 1.82) is 0 Å². The van der Waals surface area contributed by atoms with Crippen molar-refractivity contribution in [3.63, 3.8) is 0 Å². The average Bonchev–Trinajstić information content (AvgIpc) is 2.80. The first-order valence-electron chi connectivity index (χ1n) is 7.33. The van der Waals surface area contributed by atoms with Gasteiger partial charge in [0.25, 0.3) is 0 Å². The second-order valence-corrected chi connectivity index (χ2v) is 5.98. The molecule has 0 atom stereocenters. The molecule has 108 valence electrons. The van der Waals surface area contributed by atoms with E-state index < -0.39 is 0 Å². The summed E-state index contributed by atoms with van der Waals surface area (Å²) in [5.74, 6) is 1.42. The Bertz CT molecular complexity index is 813. The van der Waals surface area contributed by atoms with E-state index >= 15 is 0 Å². The van der Waals surface area contributed by atoms with Crippen molar-refractivity contribution in [3.05, 3.63) is 53.3 Å².